The second-order valence-electron chi connectivity index (χ2n) is 5.06. The molecule has 0 amide bonds. The van der Waals surface area contributed by atoms with E-state index in [1.165, 1.54) is 4.31 Å². The maximum Gasteiger partial charge on any atom is 0.243 e. The number of sulfonamides is 1. The molecule has 1 aliphatic carbocycles. The van der Waals surface area contributed by atoms with E-state index in [2.05, 4.69) is 11.8 Å². The number of nitrogens with two attached hydrogens (primary N) is 1. The number of aryl methyl sites for hydroxylation is 1. The molecule has 2 rings (SSSR count). The summed E-state index contributed by atoms with van der Waals surface area (Å²) in [6.07, 6.45) is 1.70. The molecule has 0 aromatic heterocycles. The van der Waals surface area contributed by atoms with Crippen molar-refractivity contribution in [1.29, 1.82) is 0 Å². The molecular formula is C15H20N2O3S. The first-order valence-electron chi connectivity index (χ1n) is 6.93. The topological polar surface area (TPSA) is 83.6 Å². The molecule has 1 saturated carbocycles. The van der Waals surface area contributed by atoms with Gasteiger partial charge in [-0.3, -0.25) is 0 Å². The zero-order valence-electron chi connectivity index (χ0n) is 12.0. The first-order chi connectivity index (χ1) is 10.0. The summed E-state index contributed by atoms with van der Waals surface area (Å²) < 4.78 is 27.0. The van der Waals surface area contributed by atoms with Crippen LogP contribution in [0.1, 0.15) is 24.0 Å². The molecule has 0 radical (unpaired) electrons. The lowest BCUT2D eigenvalue weighted by Crippen LogP contribution is -2.35. The predicted molar refractivity (Wildman–Crippen MR) is 81.1 cm³/mol. The van der Waals surface area contributed by atoms with Crippen LogP contribution in [0, 0.1) is 18.8 Å². The van der Waals surface area contributed by atoms with Gasteiger partial charge in [-0.05, 0) is 37.5 Å². The standard InChI is InChI=1S/C15H20N2O3S/c1-12-4-5-13(3-2-8-16)11-15(12)21(19,20)17(9-10-18)14-6-7-14/h4-5,11,14,18H,6-10,16H2,1H3. The van der Waals surface area contributed by atoms with Crippen LogP contribution in [-0.4, -0.2) is 43.6 Å². The summed E-state index contributed by atoms with van der Waals surface area (Å²) in [5, 5.41) is 9.12. The molecule has 0 unspecified atom stereocenters. The predicted octanol–water partition coefficient (Wildman–Crippen LogP) is 0.451. The molecule has 1 aromatic rings. The van der Waals surface area contributed by atoms with Gasteiger partial charge in [0.1, 0.15) is 0 Å². The van der Waals surface area contributed by atoms with Crippen molar-refractivity contribution in [3.8, 4) is 11.8 Å². The summed E-state index contributed by atoms with van der Waals surface area (Å²) in [6.45, 7) is 1.94. The largest absolute Gasteiger partial charge is 0.395 e. The van der Waals surface area contributed by atoms with Gasteiger partial charge in [0.25, 0.3) is 0 Å². The fourth-order valence-corrected chi connectivity index (χ4v) is 4.12. The van der Waals surface area contributed by atoms with Crippen molar-refractivity contribution in [3.63, 3.8) is 0 Å². The zero-order chi connectivity index (χ0) is 15.5. The molecule has 0 bridgehead atoms. The van der Waals surface area contributed by atoms with Gasteiger partial charge in [-0.1, -0.05) is 17.9 Å². The Labute approximate surface area is 125 Å². The van der Waals surface area contributed by atoms with Gasteiger partial charge in [0.2, 0.25) is 10.0 Å². The van der Waals surface area contributed by atoms with E-state index < -0.39 is 10.0 Å². The highest BCUT2D eigenvalue weighted by Gasteiger charge is 2.38. The van der Waals surface area contributed by atoms with Gasteiger partial charge in [-0.25, -0.2) is 8.42 Å². The van der Waals surface area contributed by atoms with E-state index >= 15 is 0 Å². The number of benzene rings is 1. The van der Waals surface area contributed by atoms with Gasteiger partial charge in [0, 0.05) is 18.2 Å². The maximum absolute atomic E-state index is 12.8. The van der Waals surface area contributed by atoms with Crippen molar-refractivity contribution in [3.05, 3.63) is 29.3 Å². The number of hydrogen-bond acceptors (Lipinski definition) is 4. The first kappa shape index (κ1) is 16.0. The van der Waals surface area contributed by atoms with Crippen molar-refractivity contribution < 1.29 is 13.5 Å². The van der Waals surface area contributed by atoms with Crippen molar-refractivity contribution in [2.45, 2.75) is 30.7 Å². The molecule has 1 aromatic carbocycles. The number of aliphatic hydroxyl groups excluding tert-OH is 1. The van der Waals surface area contributed by atoms with Crippen LogP contribution in [0.4, 0.5) is 0 Å². The summed E-state index contributed by atoms with van der Waals surface area (Å²) in [6, 6.07) is 5.13. The summed E-state index contributed by atoms with van der Waals surface area (Å²) in [7, 11) is -3.60. The molecule has 21 heavy (non-hydrogen) atoms. The van der Waals surface area contributed by atoms with E-state index in [0.29, 0.717) is 11.1 Å². The summed E-state index contributed by atoms with van der Waals surface area (Å²) in [5.41, 5.74) is 6.64. The Bertz CT molecular complexity index is 670. The lowest BCUT2D eigenvalue weighted by Gasteiger charge is -2.22. The first-order valence-corrected chi connectivity index (χ1v) is 8.37. The highest BCUT2D eigenvalue weighted by molar-refractivity contribution is 7.89. The Morgan fingerprint density at radius 2 is 2.14 bits per heavy atom. The molecule has 0 spiro atoms. The van der Waals surface area contributed by atoms with E-state index in [9.17, 15) is 8.42 Å². The molecule has 0 heterocycles. The van der Waals surface area contributed by atoms with Gasteiger partial charge in [-0.2, -0.15) is 4.31 Å². The van der Waals surface area contributed by atoms with Crippen LogP contribution in [-0.2, 0) is 10.0 Å². The monoisotopic (exact) mass is 308 g/mol. The van der Waals surface area contributed by atoms with E-state index in [0.717, 1.165) is 12.8 Å². The molecule has 0 aliphatic heterocycles. The Kier molecular flexibility index (Phi) is 5.01. The number of nitrogens with zero attached hydrogens (tertiary/aromatic N) is 1. The Hall–Kier alpha value is -1.39. The summed E-state index contributed by atoms with van der Waals surface area (Å²) in [5.74, 6) is 5.57. The number of rotatable bonds is 5. The van der Waals surface area contributed by atoms with Crippen LogP contribution in [0.3, 0.4) is 0 Å². The van der Waals surface area contributed by atoms with Crippen LogP contribution in [0.15, 0.2) is 23.1 Å². The second-order valence-corrected chi connectivity index (χ2v) is 6.92. The number of aliphatic hydroxyl groups is 1. The van der Waals surface area contributed by atoms with Crippen molar-refractivity contribution in [2.75, 3.05) is 19.7 Å². The van der Waals surface area contributed by atoms with Gasteiger partial charge < -0.3 is 10.8 Å². The second kappa shape index (κ2) is 6.58. The molecule has 6 heteroatoms. The molecule has 0 saturated heterocycles. The Morgan fingerprint density at radius 1 is 1.43 bits per heavy atom. The van der Waals surface area contributed by atoms with Gasteiger partial charge >= 0.3 is 0 Å². The van der Waals surface area contributed by atoms with Crippen LogP contribution in [0.2, 0.25) is 0 Å². The number of hydrogen-bond donors (Lipinski definition) is 2. The third-order valence-electron chi connectivity index (χ3n) is 3.38. The lowest BCUT2D eigenvalue weighted by molar-refractivity contribution is 0.250. The minimum atomic E-state index is -3.60. The average molecular weight is 308 g/mol. The SMILES string of the molecule is Cc1ccc(C#CCN)cc1S(=O)(=O)N(CCO)C1CC1. The molecule has 1 fully saturated rings. The fourth-order valence-electron chi connectivity index (χ4n) is 2.20. The minimum Gasteiger partial charge on any atom is -0.395 e. The normalized spacial score (nSPS) is 14.9. The van der Waals surface area contributed by atoms with E-state index in [4.69, 9.17) is 10.8 Å². The van der Waals surface area contributed by atoms with Crippen LogP contribution < -0.4 is 5.73 Å². The summed E-state index contributed by atoms with van der Waals surface area (Å²) in [4.78, 5) is 0.256. The summed E-state index contributed by atoms with van der Waals surface area (Å²) >= 11 is 0. The maximum atomic E-state index is 12.8. The highest BCUT2D eigenvalue weighted by atomic mass is 32.2. The van der Waals surface area contributed by atoms with E-state index in [1.54, 1.807) is 25.1 Å². The van der Waals surface area contributed by atoms with Gasteiger partial charge in [-0.15, -0.1) is 0 Å². The van der Waals surface area contributed by atoms with E-state index in [-0.39, 0.29) is 30.6 Å². The molecular weight excluding hydrogens is 288 g/mol. The third-order valence-corrected chi connectivity index (χ3v) is 5.48. The molecule has 114 valence electrons. The third kappa shape index (κ3) is 3.63. The molecule has 0 atom stereocenters. The Morgan fingerprint density at radius 3 is 2.71 bits per heavy atom. The lowest BCUT2D eigenvalue weighted by atomic mass is 10.1. The Balaban J connectivity index is 2.42. The van der Waals surface area contributed by atoms with Crippen molar-refractivity contribution >= 4 is 10.0 Å². The smallest absolute Gasteiger partial charge is 0.243 e. The van der Waals surface area contributed by atoms with Gasteiger partial charge in [0.15, 0.2) is 0 Å². The fraction of sp³-hybridized carbons (Fsp3) is 0.467. The quantitative estimate of drug-likeness (QED) is 0.774. The van der Waals surface area contributed by atoms with Crippen molar-refractivity contribution in [1.82, 2.24) is 4.31 Å². The van der Waals surface area contributed by atoms with Crippen LogP contribution in [0.25, 0.3) is 0 Å². The van der Waals surface area contributed by atoms with Crippen molar-refractivity contribution in [2.24, 2.45) is 5.73 Å². The van der Waals surface area contributed by atoms with E-state index in [1.807, 2.05) is 0 Å². The van der Waals surface area contributed by atoms with Crippen LogP contribution in [0.5, 0.6) is 0 Å². The molecule has 5 nitrogen and oxygen atoms in total. The zero-order valence-corrected chi connectivity index (χ0v) is 12.9. The molecule has 3 N–H and O–H groups in total. The van der Waals surface area contributed by atoms with Crippen LogP contribution >= 0.6 is 0 Å². The minimum absolute atomic E-state index is 0.0142. The average Bonchev–Trinajstić information content (AvgIpc) is 3.28. The van der Waals surface area contributed by atoms with Gasteiger partial charge in [0.05, 0.1) is 18.0 Å². The highest BCUT2D eigenvalue weighted by Crippen LogP contribution is 2.32. The molecule has 1 aliphatic rings.